The summed E-state index contributed by atoms with van der Waals surface area (Å²) in [7, 11) is 0. The first-order valence-corrected chi connectivity index (χ1v) is 12.9. The maximum Gasteiger partial charge on any atom is 0.341 e. The molecule has 5 aromatic rings. The molecular weight excluding hydrogens is 490 g/mol. The topological polar surface area (TPSA) is 90.5 Å². The number of anilines is 1. The highest BCUT2D eigenvalue weighted by Crippen LogP contribution is 2.44. The van der Waals surface area contributed by atoms with Gasteiger partial charge >= 0.3 is 11.7 Å². The lowest BCUT2D eigenvalue weighted by molar-refractivity contribution is -0.138. The second kappa shape index (κ2) is 10.1. The average molecular weight is 518 g/mol. The number of carbonyl (C=O) groups excluding carboxylic acids is 1. The molecule has 1 aliphatic heterocycles. The van der Waals surface area contributed by atoms with Crippen LogP contribution in [0, 0.1) is 0 Å². The number of hydrogen-bond acceptors (Lipinski definition) is 6. The van der Waals surface area contributed by atoms with Crippen LogP contribution in [0.15, 0.2) is 107 Å². The number of fused-ring (bicyclic) bond motifs is 3. The molecule has 0 bridgehead atoms. The van der Waals surface area contributed by atoms with E-state index >= 15 is 0 Å². The fourth-order valence-electron chi connectivity index (χ4n) is 5.28. The minimum atomic E-state index is -0.534. The Bertz CT molecular complexity index is 1760. The summed E-state index contributed by atoms with van der Waals surface area (Å²) < 4.78 is 8.72. The molecule has 1 aliphatic rings. The molecule has 8 nitrogen and oxygen atoms in total. The van der Waals surface area contributed by atoms with Crippen molar-refractivity contribution in [1.82, 2.24) is 19.2 Å². The molecule has 0 saturated carbocycles. The third kappa shape index (κ3) is 4.20. The van der Waals surface area contributed by atoms with E-state index in [0.717, 1.165) is 11.1 Å². The highest BCUT2D eigenvalue weighted by Gasteiger charge is 2.38. The van der Waals surface area contributed by atoms with E-state index in [9.17, 15) is 9.59 Å². The normalized spacial score (nSPS) is 14.7. The molecule has 0 aliphatic carbocycles. The molecule has 8 heteroatoms. The molecule has 3 aromatic carbocycles. The van der Waals surface area contributed by atoms with Crippen LogP contribution in [0.5, 0.6) is 0 Å². The fourth-order valence-corrected chi connectivity index (χ4v) is 5.28. The molecular formula is C31H27N5O3. The standard InChI is InChI=1S/C31H27N5O3/c1-3-39-30(37)25-20(2)32-28-27(26(25)22-15-9-5-10-16-22)29-34-33-24(19-21-13-7-4-8-14-21)36(29)31(38)35(28)23-17-11-6-12-18-23/h4-18,26,32H,3,19H2,1-2H3. The van der Waals surface area contributed by atoms with Gasteiger partial charge in [0.25, 0.3) is 0 Å². The van der Waals surface area contributed by atoms with Gasteiger partial charge in [0, 0.05) is 12.1 Å². The summed E-state index contributed by atoms with van der Waals surface area (Å²) in [5.74, 6) is 0.121. The molecule has 1 unspecified atom stereocenters. The molecule has 1 atom stereocenters. The number of hydrogen-bond donors (Lipinski definition) is 1. The number of nitrogens with one attached hydrogen (secondary N) is 1. The van der Waals surface area contributed by atoms with Crippen LogP contribution in [0.25, 0.3) is 11.3 Å². The Kier molecular flexibility index (Phi) is 6.28. The van der Waals surface area contributed by atoms with Gasteiger partial charge in [-0.05, 0) is 37.1 Å². The lowest BCUT2D eigenvalue weighted by atomic mass is 9.82. The van der Waals surface area contributed by atoms with Gasteiger partial charge in [-0.25, -0.2) is 18.6 Å². The van der Waals surface area contributed by atoms with Crippen molar-refractivity contribution >= 4 is 17.4 Å². The Hall–Kier alpha value is -4.98. The van der Waals surface area contributed by atoms with Gasteiger partial charge in [-0.1, -0.05) is 78.9 Å². The van der Waals surface area contributed by atoms with Gasteiger partial charge in [-0.2, -0.15) is 0 Å². The zero-order valence-corrected chi connectivity index (χ0v) is 21.7. The number of esters is 1. The van der Waals surface area contributed by atoms with Crippen molar-refractivity contribution in [3.8, 4) is 5.69 Å². The van der Waals surface area contributed by atoms with Crippen LogP contribution in [0.1, 0.15) is 42.3 Å². The van der Waals surface area contributed by atoms with E-state index < -0.39 is 11.9 Å². The maximum atomic E-state index is 14.2. The van der Waals surface area contributed by atoms with E-state index in [1.165, 1.54) is 0 Å². The Morgan fingerprint density at radius 3 is 2.23 bits per heavy atom. The van der Waals surface area contributed by atoms with E-state index in [4.69, 9.17) is 4.74 Å². The number of carbonyl (C=O) groups is 1. The number of para-hydroxylation sites is 1. The third-order valence-corrected chi connectivity index (χ3v) is 6.97. The van der Waals surface area contributed by atoms with E-state index in [0.29, 0.717) is 46.2 Å². The lowest BCUT2D eigenvalue weighted by Gasteiger charge is -2.32. The number of aromatic nitrogens is 4. The van der Waals surface area contributed by atoms with E-state index in [1.54, 1.807) is 15.9 Å². The second-order valence-electron chi connectivity index (χ2n) is 9.38. The monoisotopic (exact) mass is 517 g/mol. The smallest absolute Gasteiger partial charge is 0.341 e. The molecule has 6 rings (SSSR count). The summed E-state index contributed by atoms with van der Waals surface area (Å²) in [5.41, 5.74) is 4.47. The molecule has 1 N–H and O–H groups in total. The van der Waals surface area contributed by atoms with E-state index in [-0.39, 0.29) is 12.3 Å². The molecule has 39 heavy (non-hydrogen) atoms. The summed E-state index contributed by atoms with van der Waals surface area (Å²) in [6.07, 6.45) is 0.424. The molecule has 3 heterocycles. The van der Waals surface area contributed by atoms with Crippen LogP contribution >= 0.6 is 0 Å². The molecule has 0 fully saturated rings. The van der Waals surface area contributed by atoms with Crippen molar-refractivity contribution in [1.29, 1.82) is 0 Å². The summed E-state index contributed by atoms with van der Waals surface area (Å²) in [4.78, 5) is 27.6. The van der Waals surface area contributed by atoms with Crippen LogP contribution in [0.3, 0.4) is 0 Å². The number of nitrogens with zero attached hydrogens (tertiary/aromatic N) is 4. The predicted octanol–water partition coefficient (Wildman–Crippen LogP) is 4.87. The number of allylic oxidation sites excluding steroid dienone is 1. The van der Waals surface area contributed by atoms with Gasteiger partial charge in [0.2, 0.25) is 0 Å². The van der Waals surface area contributed by atoms with Crippen molar-refractivity contribution in [2.75, 3.05) is 11.9 Å². The van der Waals surface area contributed by atoms with Crippen molar-refractivity contribution < 1.29 is 9.53 Å². The molecule has 194 valence electrons. The number of ether oxygens (including phenoxy) is 1. The zero-order chi connectivity index (χ0) is 26.9. The van der Waals surface area contributed by atoms with Gasteiger partial charge < -0.3 is 10.1 Å². The molecule has 0 amide bonds. The summed E-state index contributed by atoms with van der Waals surface area (Å²) in [6.45, 7) is 3.87. The first-order chi connectivity index (χ1) is 19.1. The highest BCUT2D eigenvalue weighted by molar-refractivity contribution is 5.95. The SMILES string of the molecule is CCOC(=O)C1=C(C)Nc2c(c3nnc(Cc4ccccc4)n3c(=O)n2-c2ccccc2)C1c1ccccc1. The van der Waals surface area contributed by atoms with Crippen LogP contribution in [-0.2, 0) is 16.0 Å². The fraction of sp³-hybridized carbons (Fsp3) is 0.161. The van der Waals surface area contributed by atoms with E-state index in [1.807, 2.05) is 97.9 Å². The lowest BCUT2D eigenvalue weighted by Crippen LogP contribution is -2.34. The number of rotatable bonds is 6. The Morgan fingerprint density at radius 1 is 0.923 bits per heavy atom. The van der Waals surface area contributed by atoms with Gasteiger partial charge in [-0.15, -0.1) is 10.2 Å². The molecule has 0 saturated heterocycles. The largest absolute Gasteiger partial charge is 0.463 e. The van der Waals surface area contributed by atoms with Gasteiger partial charge in [0.1, 0.15) is 11.6 Å². The van der Waals surface area contributed by atoms with Crippen LogP contribution in [-0.4, -0.2) is 31.7 Å². The van der Waals surface area contributed by atoms with Crippen LogP contribution < -0.4 is 11.0 Å². The average Bonchev–Trinajstić information content (AvgIpc) is 3.38. The predicted molar refractivity (Wildman–Crippen MR) is 149 cm³/mol. The molecule has 0 spiro atoms. The minimum absolute atomic E-state index is 0.245. The Morgan fingerprint density at radius 2 is 1.56 bits per heavy atom. The second-order valence-corrected chi connectivity index (χ2v) is 9.38. The maximum absolute atomic E-state index is 14.2. The summed E-state index contributed by atoms with van der Waals surface area (Å²) >= 11 is 0. The highest BCUT2D eigenvalue weighted by atomic mass is 16.5. The first kappa shape index (κ1) is 24.4. The van der Waals surface area contributed by atoms with Crippen LogP contribution in [0.4, 0.5) is 5.82 Å². The van der Waals surface area contributed by atoms with Gasteiger partial charge in [-0.3, -0.25) is 0 Å². The summed E-state index contributed by atoms with van der Waals surface area (Å²) in [6, 6.07) is 29.0. The van der Waals surface area contributed by atoms with Crippen molar-refractivity contribution in [3.05, 3.63) is 135 Å². The van der Waals surface area contributed by atoms with Gasteiger partial charge in [0.05, 0.1) is 29.3 Å². The molecule has 0 radical (unpaired) electrons. The van der Waals surface area contributed by atoms with Crippen molar-refractivity contribution in [2.45, 2.75) is 26.2 Å². The van der Waals surface area contributed by atoms with Crippen LogP contribution in [0.2, 0.25) is 0 Å². The number of benzene rings is 3. The molecule has 2 aromatic heterocycles. The van der Waals surface area contributed by atoms with Crippen molar-refractivity contribution in [3.63, 3.8) is 0 Å². The quantitative estimate of drug-likeness (QED) is 0.324. The van der Waals surface area contributed by atoms with E-state index in [2.05, 4.69) is 15.5 Å². The summed E-state index contributed by atoms with van der Waals surface area (Å²) in [5, 5.41) is 12.4. The van der Waals surface area contributed by atoms with Crippen molar-refractivity contribution in [2.24, 2.45) is 0 Å². The van der Waals surface area contributed by atoms with Gasteiger partial charge in [0.15, 0.2) is 5.65 Å². The first-order valence-electron chi connectivity index (χ1n) is 12.9. The third-order valence-electron chi connectivity index (χ3n) is 6.97. The minimum Gasteiger partial charge on any atom is -0.463 e. The zero-order valence-electron chi connectivity index (χ0n) is 21.7. The Labute approximate surface area is 225 Å². The Balaban J connectivity index is 1.70.